The van der Waals surface area contributed by atoms with Crippen LogP contribution in [0.25, 0.3) is 0 Å². The summed E-state index contributed by atoms with van der Waals surface area (Å²) in [6, 6.07) is 7.70. The Morgan fingerprint density at radius 3 is 2.71 bits per heavy atom. The van der Waals surface area contributed by atoms with Gasteiger partial charge in [0.25, 0.3) is 0 Å². The third kappa shape index (κ3) is 5.41. The second kappa shape index (κ2) is 8.51. The Kier molecular flexibility index (Phi) is 6.67. The first kappa shape index (κ1) is 16.5. The van der Waals surface area contributed by atoms with Gasteiger partial charge in [-0.15, -0.1) is 0 Å². The van der Waals surface area contributed by atoms with Gasteiger partial charge in [0, 0.05) is 4.47 Å². The molecule has 0 radical (unpaired) electrons. The molecule has 1 aromatic rings. The molecule has 0 unspecified atom stereocenters. The number of amides is 1. The molecule has 2 N–H and O–H groups in total. The molecule has 1 aliphatic rings. The highest BCUT2D eigenvalue weighted by atomic mass is 79.9. The molecule has 5 heteroatoms. The Balaban J connectivity index is 1.73. The Labute approximate surface area is 135 Å². The number of nitrogens with one attached hydrogen (secondary N) is 2. The number of likely N-dealkylation sites (tertiary alicyclic amines) is 1. The molecule has 116 valence electrons. The normalized spacial score (nSPS) is 16.9. The minimum absolute atomic E-state index is 0.0621. The van der Waals surface area contributed by atoms with E-state index in [9.17, 15) is 4.79 Å². The monoisotopic (exact) mass is 353 g/mol. The van der Waals surface area contributed by atoms with E-state index >= 15 is 0 Å². The molecule has 0 aliphatic carbocycles. The van der Waals surface area contributed by atoms with E-state index in [-0.39, 0.29) is 5.91 Å². The van der Waals surface area contributed by atoms with Gasteiger partial charge in [-0.3, -0.25) is 9.69 Å². The molecule has 1 aromatic carbocycles. The van der Waals surface area contributed by atoms with Crippen LogP contribution >= 0.6 is 15.9 Å². The van der Waals surface area contributed by atoms with Crippen LogP contribution in [0.2, 0.25) is 0 Å². The molecular formula is C16H24BrN3O. The van der Waals surface area contributed by atoms with Gasteiger partial charge in [0.05, 0.1) is 12.2 Å². The number of carbonyl (C=O) groups is 1. The number of anilines is 1. The van der Waals surface area contributed by atoms with Crippen molar-refractivity contribution in [3.8, 4) is 0 Å². The van der Waals surface area contributed by atoms with Crippen LogP contribution in [-0.4, -0.2) is 43.5 Å². The molecule has 1 fully saturated rings. The maximum Gasteiger partial charge on any atom is 0.238 e. The van der Waals surface area contributed by atoms with E-state index in [4.69, 9.17) is 0 Å². The summed E-state index contributed by atoms with van der Waals surface area (Å²) < 4.78 is 0.919. The van der Waals surface area contributed by atoms with Crippen molar-refractivity contribution in [3.63, 3.8) is 0 Å². The maximum absolute atomic E-state index is 12.1. The molecule has 0 atom stereocenters. The van der Waals surface area contributed by atoms with Gasteiger partial charge < -0.3 is 10.6 Å². The highest BCUT2D eigenvalue weighted by Gasteiger charge is 2.20. The quantitative estimate of drug-likeness (QED) is 0.826. The molecule has 1 saturated heterocycles. The fourth-order valence-corrected chi connectivity index (χ4v) is 3.04. The van der Waals surface area contributed by atoms with Gasteiger partial charge in [-0.2, -0.15) is 0 Å². The van der Waals surface area contributed by atoms with E-state index in [0.717, 1.165) is 42.3 Å². The molecule has 2 rings (SSSR count). The van der Waals surface area contributed by atoms with Gasteiger partial charge in [-0.1, -0.05) is 19.1 Å². The fraction of sp³-hybridized carbons (Fsp3) is 0.562. The summed E-state index contributed by atoms with van der Waals surface area (Å²) in [5.74, 6) is 0.819. The SMILES string of the molecule is CCNCC1CCN(CC(=O)Nc2ccccc2Br)CC1. The Bertz CT molecular complexity index is 459. The number of para-hydroxylation sites is 1. The maximum atomic E-state index is 12.1. The van der Waals surface area contributed by atoms with Gasteiger partial charge in [0.2, 0.25) is 5.91 Å². The standard InChI is InChI=1S/C16H24BrN3O/c1-2-18-11-13-7-9-20(10-8-13)12-16(21)19-15-6-4-3-5-14(15)17/h3-6,13,18H,2,7-12H2,1H3,(H,19,21). The molecule has 1 aliphatic heterocycles. The van der Waals surface area contributed by atoms with Crippen molar-refractivity contribution >= 4 is 27.5 Å². The van der Waals surface area contributed by atoms with Crippen molar-refractivity contribution in [1.29, 1.82) is 0 Å². The van der Waals surface area contributed by atoms with Gasteiger partial charge in [0.1, 0.15) is 0 Å². The summed E-state index contributed by atoms with van der Waals surface area (Å²) in [6.45, 7) is 6.79. The van der Waals surface area contributed by atoms with Gasteiger partial charge in [-0.05, 0) is 73.0 Å². The molecule has 0 saturated carbocycles. The number of rotatable bonds is 6. The highest BCUT2D eigenvalue weighted by molar-refractivity contribution is 9.10. The zero-order chi connectivity index (χ0) is 15.1. The third-order valence-electron chi connectivity index (χ3n) is 3.91. The third-order valence-corrected chi connectivity index (χ3v) is 4.60. The first-order valence-electron chi connectivity index (χ1n) is 7.66. The number of halogens is 1. The van der Waals surface area contributed by atoms with Crippen LogP contribution in [0.4, 0.5) is 5.69 Å². The second-order valence-corrected chi connectivity index (χ2v) is 6.41. The summed E-state index contributed by atoms with van der Waals surface area (Å²) in [5.41, 5.74) is 0.838. The Hall–Kier alpha value is -0.910. The second-order valence-electron chi connectivity index (χ2n) is 5.56. The molecule has 21 heavy (non-hydrogen) atoms. The summed E-state index contributed by atoms with van der Waals surface area (Å²) >= 11 is 3.45. The summed E-state index contributed by atoms with van der Waals surface area (Å²) in [6.07, 6.45) is 2.35. The predicted molar refractivity (Wildman–Crippen MR) is 90.5 cm³/mol. The van der Waals surface area contributed by atoms with Crippen LogP contribution in [0.3, 0.4) is 0 Å². The molecule has 1 amide bonds. The van der Waals surface area contributed by atoms with E-state index in [1.54, 1.807) is 0 Å². The predicted octanol–water partition coefficient (Wildman–Crippen LogP) is 2.71. The Morgan fingerprint density at radius 2 is 2.05 bits per heavy atom. The smallest absolute Gasteiger partial charge is 0.238 e. The van der Waals surface area contributed by atoms with Crippen LogP contribution in [0.15, 0.2) is 28.7 Å². The minimum atomic E-state index is 0.0621. The van der Waals surface area contributed by atoms with E-state index in [1.807, 2.05) is 24.3 Å². The number of carbonyl (C=O) groups excluding carboxylic acids is 1. The minimum Gasteiger partial charge on any atom is -0.324 e. The zero-order valence-electron chi connectivity index (χ0n) is 12.6. The van der Waals surface area contributed by atoms with Crippen molar-refractivity contribution in [1.82, 2.24) is 10.2 Å². The van der Waals surface area contributed by atoms with E-state index in [1.165, 1.54) is 12.8 Å². The Morgan fingerprint density at radius 1 is 1.33 bits per heavy atom. The summed E-state index contributed by atoms with van der Waals surface area (Å²) in [5, 5.41) is 6.37. The van der Waals surface area contributed by atoms with Gasteiger partial charge in [0.15, 0.2) is 0 Å². The first-order chi connectivity index (χ1) is 10.2. The number of nitrogens with zero attached hydrogens (tertiary/aromatic N) is 1. The van der Waals surface area contributed by atoms with Crippen LogP contribution < -0.4 is 10.6 Å². The summed E-state index contributed by atoms with van der Waals surface area (Å²) in [7, 11) is 0. The van der Waals surface area contributed by atoms with Crippen molar-refractivity contribution < 1.29 is 4.79 Å². The lowest BCUT2D eigenvalue weighted by Crippen LogP contribution is -2.41. The average molecular weight is 354 g/mol. The number of piperidine rings is 1. The van der Waals surface area contributed by atoms with Crippen LogP contribution in [0.5, 0.6) is 0 Å². The van der Waals surface area contributed by atoms with Gasteiger partial charge in [-0.25, -0.2) is 0 Å². The summed E-state index contributed by atoms with van der Waals surface area (Å²) in [4.78, 5) is 14.3. The van der Waals surface area contributed by atoms with Crippen LogP contribution in [0, 0.1) is 5.92 Å². The van der Waals surface area contributed by atoms with Crippen molar-refractivity contribution in [2.75, 3.05) is 38.0 Å². The highest BCUT2D eigenvalue weighted by Crippen LogP contribution is 2.21. The van der Waals surface area contributed by atoms with Crippen LogP contribution in [0.1, 0.15) is 19.8 Å². The van der Waals surface area contributed by atoms with E-state index < -0.39 is 0 Å². The lowest BCUT2D eigenvalue weighted by molar-refractivity contribution is -0.117. The fourth-order valence-electron chi connectivity index (χ4n) is 2.65. The topological polar surface area (TPSA) is 44.4 Å². The lowest BCUT2D eigenvalue weighted by Gasteiger charge is -2.31. The molecule has 0 spiro atoms. The molecule has 0 aromatic heterocycles. The average Bonchev–Trinajstić information content (AvgIpc) is 2.49. The lowest BCUT2D eigenvalue weighted by atomic mass is 9.97. The zero-order valence-corrected chi connectivity index (χ0v) is 14.2. The van der Waals surface area contributed by atoms with Crippen LogP contribution in [-0.2, 0) is 4.79 Å². The molecular weight excluding hydrogens is 330 g/mol. The van der Waals surface area contributed by atoms with Crippen molar-refractivity contribution in [2.45, 2.75) is 19.8 Å². The largest absolute Gasteiger partial charge is 0.324 e. The first-order valence-corrected chi connectivity index (χ1v) is 8.45. The number of benzene rings is 1. The molecule has 0 bridgehead atoms. The van der Waals surface area contributed by atoms with Crippen molar-refractivity contribution in [3.05, 3.63) is 28.7 Å². The molecule has 1 heterocycles. The number of hydrogen-bond donors (Lipinski definition) is 2. The van der Waals surface area contributed by atoms with E-state index in [2.05, 4.69) is 38.4 Å². The number of hydrogen-bond acceptors (Lipinski definition) is 3. The van der Waals surface area contributed by atoms with E-state index in [0.29, 0.717) is 6.54 Å². The van der Waals surface area contributed by atoms with Crippen molar-refractivity contribution in [2.24, 2.45) is 5.92 Å². The molecule has 4 nitrogen and oxygen atoms in total. The van der Waals surface area contributed by atoms with Gasteiger partial charge >= 0.3 is 0 Å².